The van der Waals surface area contributed by atoms with Crippen LogP contribution in [0.15, 0.2) is 42.6 Å². The summed E-state index contributed by atoms with van der Waals surface area (Å²) in [4.78, 5) is 27.9. The van der Waals surface area contributed by atoms with Crippen molar-refractivity contribution in [3.8, 4) is 5.88 Å². The number of amides is 2. The third-order valence-corrected chi connectivity index (χ3v) is 3.47. The molecule has 138 valence electrons. The molecular formula is C19H22FN3O3. The van der Waals surface area contributed by atoms with Crippen molar-refractivity contribution in [2.75, 3.05) is 13.2 Å². The number of hydrogen-bond donors (Lipinski definition) is 2. The molecule has 0 aliphatic carbocycles. The molecule has 7 heteroatoms. The van der Waals surface area contributed by atoms with Crippen LogP contribution in [0.1, 0.15) is 24.5 Å². The molecule has 2 amide bonds. The fraction of sp³-hybridized carbons (Fsp3) is 0.316. The minimum absolute atomic E-state index is 0.0165. The number of nitrogens with one attached hydrogen (secondary N) is 2. The van der Waals surface area contributed by atoms with Crippen molar-refractivity contribution >= 4 is 11.8 Å². The molecule has 0 bridgehead atoms. The van der Waals surface area contributed by atoms with Crippen LogP contribution in [0.2, 0.25) is 0 Å². The normalized spacial score (nSPS) is 10.2. The second kappa shape index (κ2) is 10.1. The van der Waals surface area contributed by atoms with Crippen LogP contribution in [0.3, 0.4) is 0 Å². The van der Waals surface area contributed by atoms with Crippen LogP contribution in [-0.4, -0.2) is 29.9 Å². The Morgan fingerprint density at radius 3 is 2.77 bits per heavy atom. The molecule has 1 heterocycles. The quantitative estimate of drug-likeness (QED) is 0.717. The number of benzene rings is 1. The maximum absolute atomic E-state index is 13.1. The molecule has 0 spiro atoms. The maximum Gasteiger partial charge on any atom is 0.239 e. The van der Waals surface area contributed by atoms with Crippen LogP contribution < -0.4 is 15.4 Å². The van der Waals surface area contributed by atoms with Gasteiger partial charge in [-0.25, -0.2) is 9.37 Å². The first-order chi connectivity index (χ1) is 12.6. The third kappa shape index (κ3) is 6.51. The lowest BCUT2D eigenvalue weighted by atomic mass is 10.1. The molecule has 0 radical (unpaired) electrons. The first-order valence-electron chi connectivity index (χ1n) is 8.43. The number of pyridine rings is 1. The molecule has 1 aromatic carbocycles. The number of aromatic nitrogens is 1. The lowest BCUT2D eigenvalue weighted by Gasteiger charge is -2.11. The highest BCUT2D eigenvalue weighted by atomic mass is 19.1. The predicted molar refractivity (Wildman–Crippen MR) is 95.0 cm³/mol. The molecule has 2 aromatic rings. The zero-order chi connectivity index (χ0) is 18.8. The van der Waals surface area contributed by atoms with E-state index in [0.717, 1.165) is 12.0 Å². The Morgan fingerprint density at radius 2 is 2.00 bits per heavy atom. The van der Waals surface area contributed by atoms with Crippen molar-refractivity contribution in [1.82, 2.24) is 15.6 Å². The minimum atomic E-state index is -0.398. The zero-order valence-electron chi connectivity index (χ0n) is 14.6. The number of rotatable bonds is 9. The van der Waals surface area contributed by atoms with Crippen LogP contribution in [0.4, 0.5) is 4.39 Å². The van der Waals surface area contributed by atoms with Crippen molar-refractivity contribution in [1.29, 1.82) is 0 Å². The monoisotopic (exact) mass is 359 g/mol. The highest BCUT2D eigenvalue weighted by Gasteiger charge is 2.09. The van der Waals surface area contributed by atoms with E-state index in [1.807, 2.05) is 13.0 Å². The summed E-state index contributed by atoms with van der Waals surface area (Å²) in [5, 5.41) is 5.23. The van der Waals surface area contributed by atoms with Crippen LogP contribution in [-0.2, 0) is 22.6 Å². The van der Waals surface area contributed by atoms with E-state index in [1.165, 1.54) is 18.2 Å². The molecule has 2 N–H and O–H groups in total. The number of halogens is 1. The number of carbonyl (C=O) groups is 2. The summed E-state index contributed by atoms with van der Waals surface area (Å²) >= 11 is 0. The van der Waals surface area contributed by atoms with Gasteiger partial charge in [-0.15, -0.1) is 0 Å². The van der Waals surface area contributed by atoms with Gasteiger partial charge in [0.1, 0.15) is 5.82 Å². The van der Waals surface area contributed by atoms with Crippen LogP contribution in [0, 0.1) is 5.82 Å². The van der Waals surface area contributed by atoms with Gasteiger partial charge in [0.25, 0.3) is 0 Å². The highest BCUT2D eigenvalue weighted by molar-refractivity contribution is 5.85. The van der Waals surface area contributed by atoms with Gasteiger partial charge >= 0.3 is 0 Å². The van der Waals surface area contributed by atoms with Crippen LogP contribution >= 0.6 is 0 Å². The van der Waals surface area contributed by atoms with Crippen molar-refractivity contribution < 1.29 is 18.7 Å². The molecule has 0 atom stereocenters. The molecule has 0 saturated carbocycles. The van der Waals surface area contributed by atoms with Gasteiger partial charge in [-0.2, -0.15) is 0 Å². The number of nitrogens with zero attached hydrogens (tertiary/aromatic N) is 1. The molecule has 0 saturated heterocycles. The van der Waals surface area contributed by atoms with E-state index in [9.17, 15) is 14.0 Å². The molecule has 0 unspecified atom stereocenters. The number of ether oxygens (including phenoxy) is 1. The van der Waals surface area contributed by atoms with E-state index >= 15 is 0 Å². The summed E-state index contributed by atoms with van der Waals surface area (Å²) in [6.07, 6.45) is 2.51. The summed E-state index contributed by atoms with van der Waals surface area (Å²) in [5.41, 5.74) is 1.32. The van der Waals surface area contributed by atoms with Crippen molar-refractivity contribution in [3.63, 3.8) is 0 Å². The van der Waals surface area contributed by atoms with E-state index in [4.69, 9.17) is 4.74 Å². The summed E-state index contributed by atoms with van der Waals surface area (Å²) < 4.78 is 18.6. The third-order valence-electron chi connectivity index (χ3n) is 3.47. The maximum atomic E-state index is 13.1. The SMILES string of the molecule is CCCOc1ncccc1CNC(=O)CNC(=O)Cc1cccc(F)c1. The Morgan fingerprint density at radius 1 is 1.15 bits per heavy atom. The van der Waals surface area contributed by atoms with Gasteiger partial charge in [-0.05, 0) is 30.2 Å². The average Bonchev–Trinajstić information content (AvgIpc) is 2.63. The van der Waals surface area contributed by atoms with E-state index in [1.54, 1.807) is 18.3 Å². The van der Waals surface area contributed by atoms with E-state index < -0.39 is 5.82 Å². The van der Waals surface area contributed by atoms with Gasteiger partial charge < -0.3 is 15.4 Å². The molecule has 6 nitrogen and oxygen atoms in total. The predicted octanol–water partition coefficient (Wildman–Crippen LogP) is 1.98. The average molecular weight is 359 g/mol. The van der Waals surface area contributed by atoms with Crippen molar-refractivity contribution in [3.05, 3.63) is 59.5 Å². The largest absolute Gasteiger partial charge is 0.477 e. The summed E-state index contributed by atoms with van der Waals surface area (Å²) in [6, 6.07) is 9.38. The van der Waals surface area contributed by atoms with Crippen molar-refractivity contribution in [2.24, 2.45) is 0 Å². The topological polar surface area (TPSA) is 80.3 Å². The smallest absolute Gasteiger partial charge is 0.239 e. The summed E-state index contributed by atoms with van der Waals surface area (Å²) in [6.45, 7) is 2.65. The lowest BCUT2D eigenvalue weighted by Crippen LogP contribution is -2.37. The van der Waals surface area contributed by atoms with E-state index in [0.29, 0.717) is 18.1 Å². The Balaban J connectivity index is 1.76. The second-order valence-electron chi connectivity index (χ2n) is 5.68. The van der Waals surface area contributed by atoms with Crippen LogP contribution in [0.25, 0.3) is 0 Å². The fourth-order valence-corrected chi connectivity index (χ4v) is 2.22. The van der Waals surface area contributed by atoms with Gasteiger partial charge in [0, 0.05) is 18.3 Å². The molecule has 0 aliphatic heterocycles. The van der Waals surface area contributed by atoms with E-state index in [-0.39, 0.29) is 31.3 Å². The summed E-state index contributed by atoms with van der Waals surface area (Å²) in [7, 11) is 0. The van der Waals surface area contributed by atoms with Gasteiger partial charge in [-0.3, -0.25) is 9.59 Å². The fourth-order valence-electron chi connectivity index (χ4n) is 2.22. The lowest BCUT2D eigenvalue weighted by molar-refractivity contribution is -0.125. The first kappa shape index (κ1) is 19.4. The first-order valence-corrected chi connectivity index (χ1v) is 8.43. The van der Waals surface area contributed by atoms with Gasteiger partial charge in [-0.1, -0.05) is 25.1 Å². The zero-order valence-corrected chi connectivity index (χ0v) is 14.6. The minimum Gasteiger partial charge on any atom is -0.477 e. The van der Waals surface area contributed by atoms with Gasteiger partial charge in [0.2, 0.25) is 17.7 Å². The Hall–Kier alpha value is -2.96. The molecule has 2 rings (SSSR count). The standard InChI is InChI=1S/C19H22FN3O3/c1-2-9-26-19-15(6-4-8-21-19)12-22-18(25)13-23-17(24)11-14-5-3-7-16(20)10-14/h3-8,10H,2,9,11-13H2,1H3,(H,22,25)(H,23,24). The highest BCUT2D eigenvalue weighted by Crippen LogP contribution is 2.14. The molecule has 0 aliphatic rings. The number of hydrogen-bond acceptors (Lipinski definition) is 4. The molecule has 26 heavy (non-hydrogen) atoms. The van der Waals surface area contributed by atoms with Gasteiger partial charge in [0.15, 0.2) is 0 Å². The Labute approximate surface area is 151 Å². The molecule has 1 aromatic heterocycles. The molecular weight excluding hydrogens is 337 g/mol. The second-order valence-corrected chi connectivity index (χ2v) is 5.68. The Bertz CT molecular complexity index is 752. The van der Waals surface area contributed by atoms with Crippen LogP contribution in [0.5, 0.6) is 5.88 Å². The van der Waals surface area contributed by atoms with Crippen molar-refractivity contribution in [2.45, 2.75) is 26.3 Å². The van der Waals surface area contributed by atoms with E-state index in [2.05, 4.69) is 15.6 Å². The van der Waals surface area contributed by atoms with Gasteiger partial charge in [0.05, 0.1) is 19.6 Å². The molecule has 0 fully saturated rings. The summed E-state index contributed by atoms with van der Waals surface area (Å²) in [5.74, 6) is -0.586. The number of carbonyl (C=O) groups excluding carboxylic acids is 2. The Kier molecular flexibility index (Phi) is 7.54.